The Bertz CT molecular complexity index is 1940. The Kier molecular flexibility index (Phi) is 5.97. The molecule has 0 radical (unpaired) electrons. The molecule has 0 saturated carbocycles. The third-order valence-corrected chi connectivity index (χ3v) is 9.34. The zero-order valence-electron chi connectivity index (χ0n) is 24.7. The highest BCUT2D eigenvalue weighted by molar-refractivity contribution is 5.86. The molecule has 1 aliphatic carbocycles. The smallest absolute Gasteiger partial charge is 0.0465 e. The summed E-state index contributed by atoms with van der Waals surface area (Å²) in [5, 5.41) is 0. The number of nitrogens with zero attached hydrogens (tertiary/aromatic N) is 2. The van der Waals surface area contributed by atoms with Crippen LogP contribution in [-0.2, 0) is 11.8 Å². The summed E-state index contributed by atoms with van der Waals surface area (Å²) in [5.41, 5.74) is 15.4. The largest absolute Gasteiger partial charge is 0.341 e. The van der Waals surface area contributed by atoms with Gasteiger partial charge in [-0.1, -0.05) is 98.8 Å². The topological polar surface area (TPSA) is 6.48 Å². The van der Waals surface area contributed by atoms with E-state index in [1.165, 1.54) is 56.0 Å². The highest BCUT2D eigenvalue weighted by Gasteiger charge is 2.35. The van der Waals surface area contributed by atoms with Crippen molar-refractivity contribution in [2.24, 2.45) is 0 Å². The Morgan fingerprint density at radius 1 is 0.535 bits per heavy atom. The predicted octanol–water partition coefficient (Wildman–Crippen LogP) is 10.8. The van der Waals surface area contributed by atoms with E-state index < -0.39 is 0 Å². The number of anilines is 5. The molecule has 0 aromatic heterocycles. The summed E-state index contributed by atoms with van der Waals surface area (Å²) in [6, 6.07) is 53.2. The molecule has 1 heterocycles. The molecule has 8 rings (SSSR count). The summed E-state index contributed by atoms with van der Waals surface area (Å²) < 4.78 is 0. The first kappa shape index (κ1) is 25.6. The van der Waals surface area contributed by atoms with Crippen LogP contribution in [-0.4, -0.2) is 6.54 Å². The lowest BCUT2D eigenvalue weighted by Crippen LogP contribution is -2.16. The highest BCUT2D eigenvalue weighted by Crippen LogP contribution is 2.50. The van der Waals surface area contributed by atoms with Crippen LogP contribution in [0.5, 0.6) is 0 Å². The molecule has 0 unspecified atom stereocenters. The second-order valence-electron chi connectivity index (χ2n) is 12.2. The van der Waals surface area contributed by atoms with E-state index in [9.17, 15) is 0 Å². The Labute approximate surface area is 254 Å². The summed E-state index contributed by atoms with van der Waals surface area (Å²) in [5.74, 6) is 0. The van der Waals surface area contributed by atoms with E-state index in [0.29, 0.717) is 0 Å². The van der Waals surface area contributed by atoms with Gasteiger partial charge in [0.1, 0.15) is 0 Å². The fraction of sp³-hybridized carbons (Fsp3) is 0.122. The number of hydrogen-bond donors (Lipinski definition) is 0. The van der Waals surface area contributed by atoms with Gasteiger partial charge in [0.05, 0.1) is 0 Å². The zero-order chi connectivity index (χ0) is 29.0. The highest BCUT2D eigenvalue weighted by atomic mass is 15.2. The number of hydrogen-bond acceptors (Lipinski definition) is 2. The molecule has 2 aliphatic rings. The summed E-state index contributed by atoms with van der Waals surface area (Å²) >= 11 is 0. The summed E-state index contributed by atoms with van der Waals surface area (Å²) in [7, 11) is 0. The SMILES string of the molecule is CC1(C)c2ccccc2-c2ccc(N(c3ccccc3)c3ccc(-c4ccc5c(c4)CCN5c4ccccc4)cc3)cc21. The first-order valence-electron chi connectivity index (χ1n) is 15.2. The molecule has 2 heteroatoms. The van der Waals surface area contributed by atoms with Crippen LogP contribution in [0.25, 0.3) is 22.3 Å². The zero-order valence-corrected chi connectivity index (χ0v) is 24.7. The Hall–Kier alpha value is -5.08. The normalized spacial score (nSPS) is 14.2. The first-order chi connectivity index (χ1) is 21.1. The number of fused-ring (bicyclic) bond motifs is 4. The molecular weight excluding hydrogens is 520 g/mol. The van der Waals surface area contributed by atoms with Crippen molar-refractivity contribution in [2.75, 3.05) is 16.3 Å². The summed E-state index contributed by atoms with van der Waals surface area (Å²) in [6.45, 7) is 5.72. The van der Waals surface area contributed by atoms with Gasteiger partial charge in [-0.25, -0.2) is 0 Å². The van der Waals surface area contributed by atoms with E-state index in [1.54, 1.807) is 0 Å². The first-order valence-corrected chi connectivity index (χ1v) is 15.2. The van der Waals surface area contributed by atoms with Gasteiger partial charge >= 0.3 is 0 Å². The van der Waals surface area contributed by atoms with Crippen LogP contribution in [0.3, 0.4) is 0 Å². The van der Waals surface area contributed by atoms with Gasteiger partial charge in [-0.05, 0) is 106 Å². The molecule has 6 aromatic carbocycles. The van der Waals surface area contributed by atoms with E-state index in [2.05, 4.69) is 169 Å². The maximum atomic E-state index is 2.43. The van der Waals surface area contributed by atoms with Gasteiger partial charge < -0.3 is 9.80 Å². The van der Waals surface area contributed by atoms with Crippen LogP contribution in [0, 0.1) is 0 Å². The fourth-order valence-corrected chi connectivity index (χ4v) is 7.12. The van der Waals surface area contributed by atoms with Crippen LogP contribution in [0.1, 0.15) is 30.5 Å². The average Bonchev–Trinajstić information content (AvgIpc) is 3.59. The predicted molar refractivity (Wildman–Crippen MR) is 181 cm³/mol. The Morgan fingerprint density at radius 2 is 1.16 bits per heavy atom. The molecule has 0 fully saturated rings. The van der Waals surface area contributed by atoms with Gasteiger partial charge in [0.15, 0.2) is 0 Å². The van der Waals surface area contributed by atoms with Crippen molar-refractivity contribution in [2.45, 2.75) is 25.7 Å². The van der Waals surface area contributed by atoms with Gasteiger partial charge in [0.2, 0.25) is 0 Å². The molecule has 208 valence electrons. The van der Waals surface area contributed by atoms with Gasteiger partial charge in [-0.3, -0.25) is 0 Å². The summed E-state index contributed by atoms with van der Waals surface area (Å²) in [4.78, 5) is 4.81. The minimum absolute atomic E-state index is 0.0438. The summed E-state index contributed by atoms with van der Waals surface area (Å²) in [6.07, 6.45) is 1.07. The molecule has 0 atom stereocenters. The third-order valence-electron chi connectivity index (χ3n) is 9.34. The van der Waals surface area contributed by atoms with Crippen LogP contribution >= 0.6 is 0 Å². The molecule has 0 saturated heterocycles. The van der Waals surface area contributed by atoms with E-state index in [1.807, 2.05) is 0 Å². The van der Waals surface area contributed by atoms with Crippen molar-refractivity contribution in [3.05, 3.63) is 162 Å². The molecule has 2 nitrogen and oxygen atoms in total. The van der Waals surface area contributed by atoms with Crippen molar-refractivity contribution in [1.82, 2.24) is 0 Å². The second-order valence-corrected chi connectivity index (χ2v) is 12.2. The lowest BCUT2D eigenvalue weighted by Gasteiger charge is -2.28. The number of benzene rings is 6. The van der Waals surface area contributed by atoms with E-state index in [4.69, 9.17) is 0 Å². The molecule has 0 N–H and O–H groups in total. The molecule has 43 heavy (non-hydrogen) atoms. The molecular formula is C41H34N2. The maximum absolute atomic E-state index is 2.43. The van der Waals surface area contributed by atoms with Gasteiger partial charge in [-0.2, -0.15) is 0 Å². The minimum atomic E-state index is -0.0438. The van der Waals surface area contributed by atoms with Crippen LogP contribution in [0.2, 0.25) is 0 Å². The standard InChI is InChI=1S/C41H34N2/c1-41(2)38-16-10-9-15-36(38)37-23-22-35(28-39(37)41)43(33-13-7-4-8-14-33)34-20-17-29(18-21-34)30-19-24-40-31(27-30)25-26-42(40)32-11-5-3-6-12-32/h3-24,27-28H,25-26H2,1-2H3. The molecule has 1 aliphatic heterocycles. The quantitative estimate of drug-likeness (QED) is 0.209. The lowest BCUT2D eigenvalue weighted by atomic mass is 9.82. The molecule has 0 amide bonds. The van der Waals surface area contributed by atoms with E-state index >= 15 is 0 Å². The fourth-order valence-electron chi connectivity index (χ4n) is 7.12. The van der Waals surface area contributed by atoms with Crippen molar-refractivity contribution in [1.29, 1.82) is 0 Å². The maximum Gasteiger partial charge on any atom is 0.0465 e. The Morgan fingerprint density at radius 3 is 1.95 bits per heavy atom. The van der Waals surface area contributed by atoms with Crippen molar-refractivity contribution in [3.8, 4) is 22.3 Å². The number of rotatable bonds is 5. The second kappa shape index (κ2) is 10.0. The van der Waals surface area contributed by atoms with Crippen LogP contribution in [0.15, 0.2) is 146 Å². The third kappa shape index (κ3) is 4.25. The average molecular weight is 555 g/mol. The van der Waals surface area contributed by atoms with Crippen molar-refractivity contribution < 1.29 is 0 Å². The lowest BCUT2D eigenvalue weighted by molar-refractivity contribution is 0.660. The monoisotopic (exact) mass is 554 g/mol. The van der Waals surface area contributed by atoms with Crippen LogP contribution < -0.4 is 9.80 Å². The van der Waals surface area contributed by atoms with E-state index in [-0.39, 0.29) is 5.41 Å². The minimum Gasteiger partial charge on any atom is -0.341 e. The van der Waals surface area contributed by atoms with Crippen molar-refractivity contribution in [3.63, 3.8) is 0 Å². The number of para-hydroxylation sites is 2. The van der Waals surface area contributed by atoms with Crippen LogP contribution in [0.4, 0.5) is 28.4 Å². The van der Waals surface area contributed by atoms with Gasteiger partial charge in [0.25, 0.3) is 0 Å². The Balaban J connectivity index is 1.15. The van der Waals surface area contributed by atoms with Crippen molar-refractivity contribution >= 4 is 28.4 Å². The molecule has 6 aromatic rings. The van der Waals surface area contributed by atoms with E-state index in [0.717, 1.165) is 24.3 Å². The molecule has 0 bridgehead atoms. The van der Waals surface area contributed by atoms with Gasteiger partial charge in [0, 0.05) is 40.4 Å². The molecule has 0 spiro atoms. The van der Waals surface area contributed by atoms with Gasteiger partial charge in [-0.15, -0.1) is 0 Å².